The van der Waals surface area contributed by atoms with Gasteiger partial charge in [0, 0.05) is 6.42 Å². The molecule has 99 heavy (non-hydrogen) atoms. The number of carbonyl (C=O) groups is 1. The van der Waals surface area contributed by atoms with Crippen LogP contribution in [0.5, 0.6) is 0 Å². The monoisotopic (exact) mass is 1390 g/mol. The summed E-state index contributed by atoms with van der Waals surface area (Å²) in [6.45, 7) is 1.54. The summed E-state index contributed by atoms with van der Waals surface area (Å²) in [5.41, 5.74) is 0. The molecule has 0 aromatic carbocycles. The molecule has 0 aliphatic carbocycles. The first-order valence-electron chi connectivity index (χ1n) is 37.2. The van der Waals surface area contributed by atoms with Crippen LogP contribution in [0.15, 0.2) is 158 Å². The molecule has 0 spiro atoms. The summed E-state index contributed by atoms with van der Waals surface area (Å²) in [5.74, 6) is -0.339. The van der Waals surface area contributed by atoms with Crippen molar-refractivity contribution < 1.29 is 89.4 Å². The van der Waals surface area contributed by atoms with Gasteiger partial charge in [0.1, 0.15) is 73.2 Å². The number of nitrogens with one attached hydrogen (secondary N) is 1. The minimum Gasteiger partial charge on any atom is -0.394 e. The van der Waals surface area contributed by atoms with Gasteiger partial charge in [0.15, 0.2) is 18.9 Å². The van der Waals surface area contributed by atoms with Gasteiger partial charge in [-0.05, 0) is 122 Å². The van der Waals surface area contributed by atoms with Crippen molar-refractivity contribution in [3.8, 4) is 0 Å². The Bertz CT molecular complexity index is 2410. The quantitative estimate of drug-likeness (QED) is 0.0199. The molecule has 3 rings (SSSR count). The average molecular weight is 1390 g/mol. The van der Waals surface area contributed by atoms with E-state index < -0.39 is 131 Å². The Labute approximate surface area is 593 Å². The van der Waals surface area contributed by atoms with Crippen LogP contribution in [0.3, 0.4) is 0 Å². The molecule has 1 amide bonds. The van der Waals surface area contributed by atoms with Gasteiger partial charge in [-0.1, -0.05) is 236 Å². The van der Waals surface area contributed by atoms with Crippen molar-refractivity contribution in [1.82, 2.24) is 5.32 Å². The maximum atomic E-state index is 13.4. The number of hydrogen-bond donors (Lipinski definition) is 12. The van der Waals surface area contributed by atoms with Gasteiger partial charge in [-0.3, -0.25) is 4.79 Å². The first-order chi connectivity index (χ1) is 48.3. The van der Waals surface area contributed by atoms with Crippen LogP contribution in [0, 0.1) is 0 Å². The normalized spacial score (nSPS) is 27.5. The first kappa shape index (κ1) is 88.6. The number of rotatable bonds is 55. The van der Waals surface area contributed by atoms with Gasteiger partial charge in [-0.2, -0.15) is 0 Å². The third-order valence-corrected chi connectivity index (χ3v) is 17.3. The van der Waals surface area contributed by atoms with Crippen LogP contribution in [0.25, 0.3) is 0 Å². The number of ether oxygens (including phenoxy) is 6. The maximum Gasteiger partial charge on any atom is 0.220 e. The lowest BCUT2D eigenvalue weighted by Crippen LogP contribution is -2.66. The Morgan fingerprint density at radius 1 is 0.374 bits per heavy atom. The van der Waals surface area contributed by atoms with E-state index in [1.165, 1.54) is 70.6 Å². The fourth-order valence-electron chi connectivity index (χ4n) is 11.3. The molecule has 3 fully saturated rings. The molecule has 17 unspecified atom stereocenters. The summed E-state index contributed by atoms with van der Waals surface area (Å²) in [6.07, 6.45) is 59.3. The molecule has 17 atom stereocenters. The van der Waals surface area contributed by atoms with Gasteiger partial charge in [0.2, 0.25) is 5.91 Å². The van der Waals surface area contributed by atoms with E-state index in [1.54, 1.807) is 6.08 Å². The Morgan fingerprint density at radius 3 is 1.13 bits per heavy atom. The van der Waals surface area contributed by atoms with Crippen molar-refractivity contribution in [2.24, 2.45) is 0 Å². The summed E-state index contributed by atoms with van der Waals surface area (Å²) in [5, 5.41) is 121. The van der Waals surface area contributed by atoms with Crippen LogP contribution < -0.4 is 5.32 Å². The number of amides is 1. The minimum absolute atomic E-state index is 0.165. The number of carbonyl (C=O) groups excluding carboxylic acids is 1. The zero-order valence-corrected chi connectivity index (χ0v) is 59.6. The second kappa shape index (κ2) is 58.9. The first-order valence-corrected chi connectivity index (χ1v) is 37.2. The van der Waals surface area contributed by atoms with Crippen LogP contribution >= 0.6 is 0 Å². The smallest absolute Gasteiger partial charge is 0.220 e. The molecule has 19 nitrogen and oxygen atoms in total. The highest BCUT2D eigenvalue weighted by molar-refractivity contribution is 5.76. The average Bonchev–Trinajstić information content (AvgIpc) is 0.761. The molecule has 12 N–H and O–H groups in total. The summed E-state index contributed by atoms with van der Waals surface area (Å²) in [4.78, 5) is 13.4. The topological polar surface area (TPSA) is 307 Å². The van der Waals surface area contributed by atoms with Gasteiger partial charge < -0.3 is 89.9 Å². The molecule has 0 radical (unpaired) electrons. The van der Waals surface area contributed by atoms with Crippen LogP contribution in [0.2, 0.25) is 0 Å². The van der Waals surface area contributed by atoms with Gasteiger partial charge in [-0.15, -0.1) is 0 Å². The number of hydrogen-bond acceptors (Lipinski definition) is 18. The van der Waals surface area contributed by atoms with Crippen molar-refractivity contribution in [3.05, 3.63) is 158 Å². The zero-order chi connectivity index (χ0) is 71.8. The second-order valence-corrected chi connectivity index (χ2v) is 25.6. The number of allylic oxidation sites excluding steroid dienone is 25. The summed E-state index contributed by atoms with van der Waals surface area (Å²) < 4.78 is 34.3. The van der Waals surface area contributed by atoms with E-state index in [1.807, 2.05) is 6.08 Å². The highest BCUT2D eigenvalue weighted by Crippen LogP contribution is 2.33. The predicted octanol–water partition coefficient (Wildman–Crippen LogP) is 11.3. The number of aliphatic hydroxyl groups excluding tert-OH is 11. The third-order valence-electron chi connectivity index (χ3n) is 17.3. The largest absolute Gasteiger partial charge is 0.394 e. The van der Waals surface area contributed by atoms with E-state index in [0.29, 0.717) is 12.8 Å². The minimum atomic E-state index is -2.00. The standard InChI is InChI=1S/C80H129NO18/c1-3-5-7-9-11-13-15-17-19-21-23-25-26-27-28-29-30-31-32-33-34-35-36-38-40-42-44-46-48-50-52-54-56-58-68(86)81-63(64(85)57-55-53-51-49-47-45-43-41-39-37-24-22-20-18-16-14-12-10-8-6-4-2)62-94-78-74(92)71(89)76(66(60-83)96-78)99-80-75(93)72(90)77(67(61-84)97-80)98-79-73(91)70(88)69(87)65(59-82)95-79/h5,7,11,13,17,19,23,25,27-28,30-31,33-34,36,38-39,41-42,44,47-50,55,57,63-67,69-80,82-85,87-93H,3-4,6,8-10,12,14-16,18,20-22,24,26,29,32,35,37,40,43,45-46,51-54,56,58-62H2,1-2H3,(H,81,86)/b7-5-,13-11-,19-17-,25-23-,28-27-,31-30-,34-33-,38-36-,41-39+,44-42-,49-47+,50-48-,57-55+. The highest BCUT2D eigenvalue weighted by atomic mass is 16.8. The van der Waals surface area contributed by atoms with Gasteiger partial charge in [0.25, 0.3) is 0 Å². The van der Waals surface area contributed by atoms with E-state index in [2.05, 4.69) is 165 Å². The van der Waals surface area contributed by atoms with E-state index in [0.717, 1.165) is 103 Å². The van der Waals surface area contributed by atoms with E-state index in [9.17, 15) is 61.0 Å². The Hall–Kier alpha value is -4.59. The fraction of sp³-hybridized carbons (Fsp3) is 0.662. The molecule has 3 aliphatic heterocycles. The van der Waals surface area contributed by atoms with Crippen LogP contribution in [-0.4, -0.2) is 193 Å². The number of aliphatic hydroxyl groups is 11. The van der Waals surface area contributed by atoms with Crippen molar-refractivity contribution in [2.75, 3.05) is 26.4 Å². The van der Waals surface area contributed by atoms with Crippen LogP contribution in [0.1, 0.15) is 206 Å². The third kappa shape index (κ3) is 39.6. The van der Waals surface area contributed by atoms with E-state index in [4.69, 9.17) is 28.4 Å². The van der Waals surface area contributed by atoms with Crippen molar-refractivity contribution in [2.45, 2.75) is 311 Å². The molecular weight excluding hydrogens is 1260 g/mol. The Kier molecular flexibility index (Phi) is 52.7. The zero-order valence-electron chi connectivity index (χ0n) is 59.6. The molecule has 0 aromatic rings. The van der Waals surface area contributed by atoms with Crippen LogP contribution in [0.4, 0.5) is 0 Å². The van der Waals surface area contributed by atoms with Crippen molar-refractivity contribution in [3.63, 3.8) is 0 Å². The molecule has 0 bridgehead atoms. The molecule has 19 heteroatoms. The Balaban J connectivity index is 1.44. The SMILES string of the molecule is CC/C=C\C/C=C\C/C=C\C/C=C\C/C=C\C/C=C\C/C=C\C/C=C\C/C=C\C/C=C\CCCCC(=O)NC(COC1OC(CO)C(OC2OC(CO)C(OC3OC(CO)C(O)C(O)C3O)C(O)C2O)C(O)C1O)C(O)/C=C/CC/C=C/CC/C=C/CCCCCCCCCCCCC. The molecule has 562 valence electrons. The maximum absolute atomic E-state index is 13.4. The van der Waals surface area contributed by atoms with Gasteiger partial charge >= 0.3 is 0 Å². The highest BCUT2D eigenvalue weighted by Gasteiger charge is 2.53. The molecule has 3 heterocycles. The summed E-state index contributed by atoms with van der Waals surface area (Å²) >= 11 is 0. The molecule has 3 aliphatic rings. The summed E-state index contributed by atoms with van der Waals surface area (Å²) in [6, 6.07) is -1.03. The molecule has 3 saturated heterocycles. The fourth-order valence-corrected chi connectivity index (χ4v) is 11.3. The lowest BCUT2D eigenvalue weighted by Gasteiger charge is -2.48. The molecule has 0 aromatic heterocycles. The van der Waals surface area contributed by atoms with Gasteiger partial charge in [0.05, 0.1) is 38.6 Å². The lowest BCUT2D eigenvalue weighted by molar-refractivity contribution is -0.379. The molecular formula is C80H129NO18. The summed E-state index contributed by atoms with van der Waals surface area (Å²) in [7, 11) is 0. The van der Waals surface area contributed by atoms with Crippen molar-refractivity contribution >= 4 is 5.91 Å². The van der Waals surface area contributed by atoms with Crippen molar-refractivity contribution in [1.29, 1.82) is 0 Å². The number of unbranched alkanes of at least 4 members (excludes halogenated alkanes) is 15. The predicted molar refractivity (Wildman–Crippen MR) is 392 cm³/mol. The molecule has 0 saturated carbocycles. The van der Waals surface area contributed by atoms with E-state index in [-0.39, 0.29) is 12.3 Å². The van der Waals surface area contributed by atoms with Crippen LogP contribution in [-0.2, 0) is 33.2 Å². The van der Waals surface area contributed by atoms with Gasteiger partial charge in [-0.25, -0.2) is 0 Å². The van der Waals surface area contributed by atoms with E-state index >= 15 is 0 Å². The Morgan fingerprint density at radius 2 is 0.707 bits per heavy atom. The second-order valence-electron chi connectivity index (χ2n) is 25.6. The lowest BCUT2D eigenvalue weighted by atomic mass is 9.96.